The molecule has 1 unspecified atom stereocenters. The Bertz CT molecular complexity index is 511. The fourth-order valence-electron chi connectivity index (χ4n) is 2.03. The zero-order valence-corrected chi connectivity index (χ0v) is 12.5. The SMILES string of the molecule is CCC(CN(C(N)=S)c1nccs1)c1ccccc1. The second-order valence-corrected chi connectivity index (χ2v) is 5.57. The van der Waals surface area contributed by atoms with Crippen LogP contribution in [-0.2, 0) is 0 Å². The van der Waals surface area contributed by atoms with Gasteiger partial charge in [-0.05, 0) is 24.2 Å². The van der Waals surface area contributed by atoms with Gasteiger partial charge in [-0.15, -0.1) is 11.3 Å². The summed E-state index contributed by atoms with van der Waals surface area (Å²) in [5.41, 5.74) is 7.14. The quantitative estimate of drug-likeness (QED) is 0.858. The van der Waals surface area contributed by atoms with Crippen LogP contribution in [0.1, 0.15) is 24.8 Å². The lowest BCUT2D eigenvalue weighted by Crippen LogP contribution is -2.38. The van der Waals surface area contributed by atoms with Gasteiger partial charge in [0.15, 0.2) is 10.2 Å². The van der Waals surface area contributed by atoms with Crippen molar-refractivity contribution in [1.29, 1.82) is 0 Å². The molecule has 0 radical (unpaired) electrons. The molecule has 0 aliphatic carbocycles. The fraction of sp³-hybridized carbons (Fsp3) is 0.286. The summed E-state index contributed by atoms with van der Waals surface area (Å²) in [5.74, 6) is 0.395. The first-order valence-corrected chi connectivity index (χ1v) is 7.52. The predicted octanol–water partition coefficient (Wildman–Crippen LogP) is 3.39. The third kappa shape index (κ3) is 3.52. The molecule has 1 aromatic carbocycles. The zero-order chi connectivity index (χ0) is 13.7. The highest BCUT2D eigenvalue weighted by molar-refractivity contribution is 7.80. The number of aromatic nitrogens is 1. The highest BCUT2D eigenvalue weighted by atomic mass is 32.1. The second-order valence-electron chi connectivity index (χ2n) is 4.28. The summed E-state index contributed by atoms with van der Waals surface area (Å²) in [5, 5.41) is 3.18. The monoisotopic (exact) mass is 291 g/mol. The van der Waals surface area contributed by atoms with Gasteiger partial charge in [0.1, 0.15) is 0 Å². The lowest BCUT2D eigenvalue weighted by atomic mass is 9.96. The number of thiocarbonyl (C=S) groups is 1. The van der Waals surface area contributed by atoms with Crippen molar-refractivity contribution in [3.8, 4) is 0 Å². The highest BCUT2D eigenvalue weighted by Crippen LogP contribution is 2.25. The van der Waals surface area contributed by atoms with Crippen molar-refractivity contribution >= 4 is 33.8 Å². The number of hydrogen-bond acceptors (Lipinski definition) is 3. The largest absolute Gasteiger partial charge is 0.376 e. The Morgan fingerprint density at radius 3 is 2.68 bits per heavy atom. The minimum Gasteiger partial charge on any atom is -0.376 e. The molecule has 0 bridgehead atoms. The molecule has 2 rings (SSSR count). The average molecular weight is 291 g/mol. The summed E-state index contributed by atoms with van der Waals surface area (Å²) in [6, 6.07) is 10.4. The molecule has 100 valence electrons. The van der Waals surface area contributed by atoms with Gasteiger partial charge in [-0.1, -0.05) is 37.3 Å². The smallest absolute Gasteiger partial charge is 0.191 e. The van der Waals surface area contributed by atoms with Crippen molar-refractivity contribution < 1.29 is 0 Å². The first-order valence-electron chi connectivity index (χ1n) is 6.23. The molecule has 19 heavy (non-hydrogen) atoms. The number of hydrogen-bond donors (Lipinski definition) is 1. The fourth-order valence-corrected chi connectivity index (χ4v) is 2.91. The second kappa shape index (κ2) is 6.63. The van der Waals surface area contributed by atoms with Crippen molar-refractivity contribution in [2.24, 2.45) is 5.73 Å². The van der Waals surface area contributed by atoms with E-state index >= 15 is 0 Å². The third-order valence-corrected chi connectivity index (χ3v) is 4.10. The zero-order valence-electron chi connectivity index (χ0n) is 10.8. The molecule has 0 aliphatic rings. The molecule has 0 spiro atoms. The van der Waals surface area contributed by atoms with Crippen molar-refractivity contribution in [2.45, 2.75) is 19.3 Å². The van der Waals surface area contributed by atoms with Gasteiger partial charge in [-0.25, -0.2) is 4.98 Å². The number of thiazole rings is 1. The number of benzene rings is 1. The molecule has 2 aromatic rings. The maximum Gasteiger partial charge on any atom is 0.191 e. The van der Waals surface area contributed by atoms with Gasteiger partial charge in [-0.2, -0.15) is 0 Å². The van der Waals surface area contributed by atoms with E-state index in [0.29, 0.717) is 11.0 Å². The van der Waals surface area contributed by atoms with Crippen LogP contribution < -0.4 is 10.6 Å². The minimum atomic E-state index is 0.379. The normalized spacial score (nSPS) is 12.1. The van der Waals surface area contributed by atoms with Crippen LogP contribution in [0.5, 0.6) is 0 Å². The molecular weight excluding hydrogens is 274 g/mol. The molecular formula is C14H17N3S2. The van der Waals surface area contributed by atoms with Crippen molar-refractivity contribution in [1.82, 2.24) is 4.98 Å². The number of rotatable bonds is 5. The molecule has 1 aromatic heterocycles. The van der Waals surface area contributed by atoms with Gasteiger partial charge < -0.3 is 5.73 Å². The first kappa shape index (κ1) is 14.0. The highest BCUT2D eigenvalue weighted by Gasteiger charge is 2.18. The Kier molecular flexibility index (Phi) is 4.87. The Balaban J connectivity index is 2.18. The minimum absolute atomic E-state index is 0.379. The molecule has 0 fully saturated rings. The Hall–Kier alpha value is -1.46. The van der Waals surface area contributed by atoms with Crippen LogP contribution in [0, 0.1) is 0 Å². The maximum absolute atomic E-state index is 5.83. The van der Waals surface area contributed by atoms with E-state index in [-0.39, 0.29) is 0 Å². The van der Waals surface area contributed by atoms with Gasteiger partial charge in [-0.3, -0.25) is 4.90 Å². The van der Waals surface area contributed by atoms with Gasteiger partial charge >= 0.3 is 0 Å². The van der Waals surface area contributed by atoms with E-state index in [9.17, 15) is 0 Å². The number of anilines is 1. The van der Waals surface area contributed by atoms with E-state index in [2.05, 4.69) is 36.2 Å². The van der Waals surface area contributed by atoms with Crippen LogP contribution in [-0.4, -0.2) is 16.6 Å². The van der Waals surface area contributed by atoms with E-state index in [1.54, 1.807) is 17.5 Å². The van der Waals surface area contributed by atoms with E-state index in [0.717, 1.165) is 18.1 Å². The molecule has 3 nitrogen and oxygen atoms in total. The van der Waals surface area contributed by atoms with Crippen LogP contribution >= 0.6 is 23.6 Å². The molecule has 5 heteroatoms. The first-order chi connectivity index (χ1) is 9.22. The van der Waals surface area contributed by atoms with E-state index in [1.165, 1.54) is 5.56 Å². The van der Waals surface area contributed by atoms with E-state index < -0.39 is 0 Å². The van der Waals surface area contributed by atoms with Crippen LogP contribution in [0.15, 0.2) is 41.9 Å². The van der Waals surface area contributed by atoms with Gasteiger partial charge in [0.2, 0.25) is 0 Å². The predicted molar refractivity (Wildman–Crippen MR) is 85.7 cm³/mol. The summed E-state index contributed by atoms with van der Waals surface area (Å²) >= 11 is 6.71. The molecule has 0 aliphatic heterocycles. The Labute approximate surface area is 123 Å². The number of nitrogens with zero attached hydrogens (tertiary/aromatic N) is 2. The van der Waals surface area contributed by atoms with E-state index in [1.807, 2.05) is 16.3 Å². The lowest BCUT2D eigenvalue weighted by molar-refractivity contribution is 0.669. The molecule has 1 heterocycles. The molecule has 0 saturated heterocycles. The standard InChI is InChI=1S/C14H17N3S2/c1-2-11(12-6-4-3-5-7-12)10-17(13(15)18)14-16-8-9-19-14/h3-9,11H,2,10H2,1H3,(H2,15,18). The van der Waals surface area contributed by atoms with Gasteiger partial charge in [0, 0.05) is 24.0 Å². The molecule has 2 N–H and O–H groups in total. The van der Waals surface area contributed by atoms with Crippen LogP contribution in [0.2, 0.25) is 0 Å². The topological polar surface area (TPSA) is 42.1 Å². The Morgan fingerprint density at radius 2 is 2.16 bits per heavy atom. The lowest BCUT2D eigenvalue weighted by Gasteiger charge is -2.25. The molecule has 0 saturated carbocycles. The summed E-state index contributed by atoms with van der Waals surface area (Å²) < 4.78 is 0. The van der Waals surface area contributed by atoms with Crippen LogP contribution in [0.25, 0.3) is 0 Å². The van der Waals surface area contributed by atoms with Gasteiger partial charge in [0.25, 0.3) is 0 Å². The van der Waals surface area contributed by atoms with Gasteiger partial charge in [0.05, 0.1) is 0 Å². The molecule has 1 atom stereocenters. The average Bonchev–Trinajstić information content (AvgIpc) is 2.94. The summed E-state index contributed by atoms with van der Waals surface area (Å²) in [6.07, 6.45) is 2.81. The van der Waals surface area contributed by atoms with E-state index in [4.69, 9.17) is 18.0 Å². The summed E-state index contributed by atoms with van der Waals surface area (Å²) in [6.45, 7) is 2.95. The maximum atomic E-state index is 5.83. The van der Waals surface area contributed by atoms with Crippen molar-refractivity contribution in [3.05, 3.63) is 47.5 Å². The van der Waals surface area contributed by atoms with Crippen LogP contribution in [0.4, 0.5) is 5.13 Å². The summed E-state index contributed by atoms with van der Waals surface area (Å²) in [4.78, 5) is 6.21. The van der Waals surface area contributed by atoms with Crippen LogP contribution in [0.3, 0.4) is 0 Å². The number of nitrogens with two attached hydrogens (primary N) is 1. The van der Waals surface area contributed by atoms with Crippen molar-refractivity contribution in [2.75, 3.05) is 11.4 Å². The molecule has 0 amide bonds. The van der Waals surface area contributed by atoms with Crippen molar-refractivity contribution in [3.63, 3.8) is 0 Å². The Morgan fingerprint density at radius 1 is 1.42 bits per heavy atom. The summed E-state index contributed by atoms with van der Waals surface area (Å²) in [7, 11) is 0. The third-order valence-electron chi connectivity index (χ3n) is 3.08.